The van der Waals surface area contributed by atoms with Crippen molar-refractivity contribution < 1.29 is 4.74 Å². The molecule has 242 valence electrons. The first-order chi connectivity index (χ1) is 25.1. The van der Waals surface area contributed by atoms with Crippen LogP contribution in [-0.2, 0) is 11.8 Å². The lowest BCUT2D eigenvalue weighted by atomic mass is 9.81. The highest BCUT2D eigenvalue weighted by Crippen LogP contribution is 2.57. The van der Waals surface area contributed by atoms with E-state index in [4.69, 9.17) is 4.74 Å². The Balaban J connectivity index is 1.24. The van der Waals surface area contributed by atoms with Gasteiger partial charge in [-0.25, -0.2) is 0 Å². The van der Waals surface area contributed by atoms with Crippen molar-refractivity contribution in [2.45, 2.75) is 25.7 Å². The number of nitrogens with zero attached hydrogens (tertiary/aromatic N) is 1. The molecule has 0 spiro atoms. The smallest absolute Gasteiger partial charge is 0.130 e. The Hall–Kier alpha value is -6.12. The molecule has 0 N–H and O–H groups in total. The maximum absolute atomic E-state index is 6.41. The van der Waals surface area contributed by atoms with Crippen molar-refractivity contribution >= 4 is 38.6 Å². The van der Waals surface area contributed by atoms with Gasteiger partial charge < -0.3 is 9.64 Å². The lowest BCUT2D eigenvalue weighted by Crippen LogP contribution is -2.17. The van der Waals surface area contributed by atoms with Crippen molar-refractivity contribution in [3.8, 4) is 50.3 Å². The first-order valence-corrected chi connectivity index (χ1v) is 18.0. The van der Waals surface area contributed by atoms with Crippen LogP contribution >= 0.6 is 0 Å². The predicted molar refractivity (Wildman–Crippen MR) is 213 cm³/mol. The van der Waals surface area contributed by atoms with Crippen LogP contribution in [0.5, 0.6) is 5.75 Å². The Morgan fingerprint density at radius 2 is 1.22 bits per heavy atom. The number of rotatable bonds is 4. The molecule has 0 atom stereocenters. The number of hydrogen-bond donors (Lipinski definition) is 0. The second-order valence-corrected chi connectivity index (χ2v) is 14.8. The van der Waals surface area contributed by atoms with Crippen molar-refractivity contribution in [2.24, 2.45) is 0 Å². The van der Waals surface area contributed by atoms with Crippen molar-refractivity contribution in [3.63, 3.8) is 0 Å². The largest absolute Gasteiger partial charge is 0.492 e. The summed E-state index contributed by atoms with van der Waals surface area (Å²) in [6.45, 7) is 5.49. The fourth-order valence-electron chi connectivity index (χ4n) is 9.30. The standard InChI is InChI=1S/C49H35NO/c1-49(2)43-20-8-7-16-40(43)47-42(39-18-9-13-31-25-26-51-48(31)39)28-34(29-44(47)49)50(33-22-21-30-11-3-4-12-32(30)27-33)45-24-23-38-36-15-6-5-14-35(36)37-17-10-19-41(45)46(37)38/h3-24,27-29H,25-26H2,1-2H3. The van der Waals surface area contributed by atoms with Crippen LogP contribution in [0.2, 0.25) is 0 Å². The number of fused-ring (bicyclic) bond motifs is 8. The fraction of sp³-hybridized carbons (Fsp3) is 0.102. The van der Waals surface area contributed by atoms with Crippen molar-refractivity contribution in [2.75, 3.05) is 11.5 Å². The molecule has 1 heterocycles. The maximum Gasteiger partial charge on any atom is 0.130 e. The molecule has 8 aromatic rings. The first-order valence-electron chi connectivity index (χ1n) is 18.0. The minimum absolute atomic E-state index is 0.186. The average Bonchev–Trinajstić information content (AvgIpc) is 3.85. The van der Waals surface area contributed by atoms with Crippen LogP contribution in [-0.4, -0.2) is 6.61 Å². The molecule has 0 amide bonds. The van der Waals surface area contributed by atoms with E-state index in [-0.39, 0.29) is 5.41 Å². The normalized spacial score (nSPS) is 14.2. The lowest BCUT2D eigenvalue weighted by molar-refractivity contribution is 0.358. The van der Waals surface area contributed by atoms with Gasteiger partial charge in [-0.3, -0.25) is 0 Å². The third-order valence-electron chi connectivity index (χ3n) is 11.7. The van der Waals surface area contributed by atoms with Crippen molar-refractivity contribution in [1.29, 1.82) is 0 Å². The molecule has 0 unspecified atom stereocenters. The van der Waals surface area contributed by atoms with Crippen LogP contribution in [0, 0.1) is 0 Å². The highest BCUT2D eigenvalue weighted by atomic mass is 16.5. The molecule has 0 radical (unpaired) electrons. The summed E-state index contributed by atoms with van der Waals surface area (Å²) in [6.07, 6.45) is 0.944. The summed E-state index contributed by atoms with van der Waals surface area (Å²) < 4.78 is 6.41. The fourth-order valence-corrected chi connectivity index (χ4v) is 9.30. The zero-order chi connectivity index (χ0) is 33.8. The SMILES string of the molecule is CC1(C)c2ccccc2-c2c(-c3cccc4c3OCC4)cc(N(c3ccc4ccccc4c3)c3ccc4c5c(cccc35)-c3ccccc3-4)cc21. The Morgan fingerprint density at radius 1 is 0.510 bits per heavy atom. The number of anilines is 3. The Morgan fingerprint density at radius 3 is 2.08 bits per heavy atom. The summed E-state index contributed by atoms with van der Waals surface area (Å²) in [7, 11) is 0. The summed E-state index contributed by atoms with van der Waals surface area (Å²) in [5, 5.41) is 5.04. The third kappa shape index (κ3) is 3.99. The van der Waals surface area contributed by atoms with Gasteiger partial charge in [0.25, 0.3) is 0 Å². The molecule has 1 aliphatic heterocycles. The number of hydrogen-bond acceptors (Lipinski definition) is 2. The minimum atomic E-state index is -0.186. The molecule has 2 aliphatic carbocycles. The van der Waals surface area contributed by atoms with E-state index in [1.807, 2.05) is 0 Å². The van der Waals surface area contributed by atoms with Gasteiger partial charge in [0, 0.05) is 34.2 Å². The van der Waals surface area contributed by atoms with Crippen LogP contribution in [0.3, 0.4) is 0 Å². The minimum Gasteiger partial charge on any atom is -0.492 e. The Kier molecular flexibility index (Phi) is 5.88. The van der Waals surface area contributed by atoms with E-state index in [2.05, 4.69) is 170 Å². The molecule has 2 heteroatoms. The van der Waals surface area contributed by atoms with E-state index in [0.29, 0.717) is 0 Å². The quantitative estimate of drug-likeness (QED) is 0.187. The highest BCUT2D eigenvalue weighted by Gasteiger charge is 2.39. The molecule has 11 rings (SSSR count). The average molecular weight is 654 g/mol. The van der Waals surface area contributed by atoms with E-state index in [1.54, 1.807) is 0 Å². The van der Waals surface area contributed by atoms with Gasteiger partial charge in [-0.05, 0) is 102 Å². The van der Waals surface area contributed by atoms with Gasteiger partial charge in [0.15, 0.2) is 0 Å². The van der Waals surface area contributed by atoms with Crippen molar-refractivity contribution in [1.82, 2.24) is 0 Å². The van der Waals surface area contributed by atoms with E-state index < -0.39 is 0 Å². The number of benzene rings is 8. The van der Waals surface area contributed by atoms with Gasteiger partial charge in [-0.15, -0.1) is 0 Å². The van der Waals surface area contributed by atoms with E-state index in [9.17, 15) is 0 Å². The molecule has 0 aromatic heterocycles. The highest BCUT2D eigenvalue weighted by molar-refractivity contribution is 6.19. The molecule has 8 aromatic carbocycles. The second-order valence-electron chi connectivity index (χ2n) is 14.8. The van der Waals surface area contributed by atoms with Gasteiger partial charge in [-0.2, -0.15) is 0 Å². The van der Waals surface area contributed by atoms with E-state index >= 15 is 0 Å². The lowest BCUT2D eigenvalue weighted by Gasteiger charge is -2.30. The van der Waals surface area contributed by atoms with Crippen LogP contribution in [0.1, 0.15) is 30.5 Å². The second kappa shape index (κ2) is 10.4. The maximum atomic E-state index is 6.41. The van der Waals surface area contributed by atoms with Crippen LogP contribution in [0.15, 0.2) is 152 Å². The molecule has 3 aliphatic rings. The van der Waals surface area contributed by atoms with Gasteiger partial charge in [0.1, 0.15) is 5.75 Å². The summed E-state index contributed by atoms with van der Waals surface area (Å²) in [4.78, 5) is 2.51. The predicted octanol–water partition coefficient (Wildman–Crippen LogP) is 13.0. The van der Waals surface area contributed by atoms with Gasteiger partial charge in [0.2, 0.25) is 0 Å². The summed E-state index contributed by atoms with van der Waals surface area (Å²) >= 11 is 0. The zero-order valence-electron chi connectivity index (χ0n) is 28.7. The van der Waals surface area contributed by atoms with Crippen LogP contribution < -0.4 is 9.64 Å². The van der Waals surface area contributed by atoms with Crippen LogP contribution in [0.25, 0.3) is 66.1 Å². The Labute approximate surface area is 298 Å². The third-order valence-corrected chi connectivity index (χ3v) is 11.7. The van der Waals surface area contributed by atoms with E-state index in [0.717, 1.165) is 30.2 Å². The zero-order valence-corrected chi connectivity index (χ0v) is 28.7. The molecule has 0 fully saturated rings. The van der Waals surface area contributed by atoms with E-state index in [1.165, 1.54) is 88.4 Å². The monoisotopic (exact) mass is 653 g/mol. The van der Waals surface area contributed by atoms with Gasteiger partial charge >= 0.3 is 0 Å². The molecule has 0 saturated heterocycles. The van der Waals surface area contributed by atoms with Crippen molar-refractivity contribution in [3.05, 3.63) is 168 Å². The summed E-state index contributed by atoms with van der Waals surface area (Å²) in [5.74, 6) is 1.03. The molecule has 0 bridgehead atoms. The Bertz CT molecular complexity index is 2740. The topological polar surface area (TPSA) is 12.5 Å². The molecular formula is C49H35NO. The number of para-hydroxylation sites is 1. The van der Waals surface area contributed by atoms with Crippen LogP contribution in [0.4, 0.5) is 17.1 Å². The molecular weight excluding hydrogens is 619 g/mol. The summed E-state index contributed by atoms with van der Waals surface area (Å²) in [5.41, 5.74) is 17.5. The van der Waals surface area contributed by atoms with Gasteiger partial charge in [-0.1, -0.05) is 135 Å². The number of ether oxygens (including phenoxy) is 1. The first kappa shape index (κ1) is 28.7. The molecule has 0 saturated carbocycles. The summed E-state index contributed by atoms with van der Waals surface area (Å²) in [6, 6.07) is 56.5. The van der Waals surface area contributed by atoms with Gasteiger partial charge in [0.05, 0.1) is 12.3 Å². The molecule has 2 nitrogen and oxygen atoms in total. The molecule has 51 heavy (non-hydrogen) atoms.